The van der Waals surface area contributed by atoms with Gasteiger partial charge in [-0.15, -0.1) is 35.3 Å². The summed E-state index contributed by atoms with van der Waals surface area (Å²) in [5.74, 6) is 0.841. The zero-order chi connectivity index (χ0) is 18.5. The molecule has 2 N–H and O–H groups in total. The van der Waals surface area contributed by atoms with Crippen molar-refractivity contribution >= 4 is 47.0 Å². The topological polar surface area (TPSA) is 52.6 Å². The van der Waals surface area contributed by atoms with Crippen molar-refractivity contribution in [1.29, 1.82) is 0 Å². The summed E-state index contributed by atoms with van der Waals surface area (Å²) in [5, 5.41) is 7.82. The highest BCUT2D eigenvalue weighted by atomic mass is 127. The van der Waals surface area contributed by atoms with Crippen molar-refractivity contribution in [1.82, 2.24) is 15.6 Å². The first-order valence-corrected chi connectivity index (χ1v) is 10.2. The number of fused-ring (bicyclic) bond motifs is 1. The van der Waals surface area contributed by atoms with Gasteiger partial charge in [-0.2, -0.15) is 0 Å². The van der Waals surface area contributed by atoms with Gasteiger partial charge in [0.2, 0.25) is 0 Å². The van der Waals surface area contributed by atoms with Crippen LogP contribution in [0.2, 0.25) is 0 Å². The third kappa shape index (κ3) is 5.81. The smallest absolute Gasteiger partial charge is 0.191 e. The summed E-state index contributed by atoms with van der Waals surface area (Å²) in [6.07, 6.45) is 2.39. The maximum atomic E-state index is 4.75. The monoisotopic (exact) mass is 499 g/mol. The lowest BCUT2D eigenvalue weighted by atomic mass is 10.00. The Morgan fingerprint density at radius 2 is 2.11 bits per heavy atom. The van der Waals surface area contributed by atoms with Gasteiger partial charge >= 0.3 is 0 Å². The van der Waals surface area contributed by atoms with Crippen LogP contribution in [0, 0.1) is 13.8 Å². The van der Waals surface area contributed by atoms with Crippen LogP contribution in [0.1, 0.15) is 40.1 Å². The van der Waals surface area contributed by atoms with E-state index in [4.69, 9.17) is 4.99 Å². The zero-order valence-corrected chi connectivity index (χ0v) is 19.8. The van der Waals surface area contributed by atoms with Gasteiger partial charge in [0.15, 0.2) is 5.96 Å². The van der Waals surface area contributed by atoms with E-state index in [1.807, 2.05) is 0 Å². The lowest BCUT2D eigenvalue weighted by Crippen LogP contribution is -2.36. The van der Waals surface area contributed by atoms with Gasteiger partial charge in [-0.05, 0) is 50.8 Å². The molecule has 0 radical (unpaired) electrons. The minimum absolute atomic E-state index is 0. The predicted molar refractivity (Wildman–Crippen MR) is 127 cm³/mol. The zero-order valence-electron chi connectivity index (χ0n) is 16.6. The van der Waals surface area contributed by atoms with Crippen LogP contribution in [0.4, 0.5) is 5.69 Å². The number of nitrogens with one attached hydrogen (secondary N) is 2. The van der Waals surface area contributed by atoms with Gasteiger partial charge < -0.3 is 15.5 Å². The van der Waals surface area contributed by atoms with Gasteiger partial charge in [-0.1, -0.05) is 12.1 Å². The first-order chi connectivity index (χ1) is 12.6. The van der Waals surface area contributed by atoms with Crippen LogP contribution in [-0.2, 0) is 19.5 Å². The van der Waals surface area contributed by atoms with Crippen LogP contribution >= 0.6 is 35.3 Å². The minimum Gasteiger partial charge on any atom is -0.374 e. The maximum absolute atomic E-state index is 4.75. The van der Waals surface area contributed by atoms with Crippen LogP contribution in [0.15, 0.2) is 23.2 Å². The lowest BCUT2D eigenvalue weighted by Gasteiger charge is -2.27. The summed E-state index contributed by atoms with van der Waals surface area (Å²) in [6.45, 7) is 9.64. The van der Waals surface area contributed by atoms with Crippen molar-refractivity contribution in [3.05, 3.63) is 44.9 Å². The summed E-state index contributed by atoms with van der Waals surface area (Å²) in [6, 6.07) is 6.74. The fourth-order valence-corrected chi connectivity index (χ4v) is 4.10. The average Bonchev–Trinajstić information content (AvgIpc) is 2.95. The Kier molecular flexibility index (Phi) is 8.34. The number of anilines is 1. The number of aryl methyl sites for hydroxylation is 3. The molecule has 7 heteroatoms. The number of benzene rings is 1. The molecule has 2 aromatic rings. The van der Waals surface area contributed by atoms with Crippen molar-refractivity contribution in [2.45, 2.75) is 46.7 Å². The molecule has 0 atom stereocenters. The highest BCUT2D eigenvalue weighted by Crippen LogP contribution is 2.27. The van der Waals surface area contributed by atoms with Crippen molar-refractivity contribution in [3.63, 3.8) is 0 Å². The van der Waals surface area contributed by atoms with Crippen LogP contribution in [0.3, 0.4) is 0 Å². The number of rotatable bonds is 5. The second-order valence-electron chi connectivity index (χ2n) is 6.79. The Balaban J connectivity index is 0.00000261. The SMILES string of the molecule is CCNC(=NCc1ccc2c(c1)CCCN2C)NCc1nc(C)c(C)s1.I. The van der Waals surface area contributed by atoms with Crippen molar-refractivity contribution in [2.75, 3.05) is 25.0 Å². The lowest BCUT2D eigenvalue weighted by molar-refractivity contribution is 0.742. The van der Waals surface area contributed by atoms with Crippen LogP contribution in [0.5, 0.6) is 0 Å². The first kappa shape index (κ1) is 21.9. The molecule has 1 aliphatic rings. The van der Waals surface area contributed by atoms with Gasteiger partial charge in [0.05, 0.1) is 18.8 Å². The van der Waals surface area contributed by atoms with Gasteiger partial charge in [0.1, 0.15) is 5.01 Å². The molecule has 0 fully saturated rings. The summed E-state index contributed by atoms with van der Waals surface area (Å²) in [7, 11) is 2.17. The summed E-state index contributed by atoms with van der Waals surface area (Å²) >= 11 is 1.74. The molecule has 0 aliphatic carbocycles. The van der Waals surface area contributed by atoms with Crippen LogP contribution < -0.4 is 15.5 Å². The Hall–Kier alpha value is -1.35. The molecule has 0 amide bonds. The summed E-state index contributed by atoms with van der Waals surface area (Å²) in [4.78, 5) is 13.0. The highest BCUT2D eigenvalue weighted by Gasteiger charge is 2.13. The molecule has 2 heterocycles. The molecule has 3 rings (SSSR count). The largest absolute Gasteiger partial charge is 0.374 e. The molecule has 0 saturated carbocycles. The number of halogens is 1. The van der Waals surface area contributed by atoms with Gasteiger partial charge in [-0.25, -0.2) is 9.98 Å². The van der Waals surface area contributed by atoms with Crippen LogP contribution in [0.25, 0.3) is 0 Å². The fourth-order valence-electron chi connectivity index (χ4n) is 3.22. The number of nitrogens with zero attached hydrogens (tertiary/aromatic N) is 3. The van der Waals surface area contributed by atoms with Gasteiger partial charge in [0, 0.05) is 30.7 Å². The normalized spacial score (nSPS) is 13.8. The van der Waals surface area contributed by atoms with E-state index in [-0.39, 0.29) is 24.0 Å². The fraction of sp³-hybridized carbons (Fsp3) is 0.500. The molecular formula is C20H30IN5S. The van der Waals surface area contributed by atoms with E-state index in [0.29, 0.717) is 13.1 Å². The Bertz CT molecular complexity index is 767. The molecule has 27 heavy (non-hydrogen) atoms. The van der Waals surface area contributed by atoms with Gasteiger partial charge in [-0.3, -0.25) is 0 Å². The van der Waals surface area contributed by atoms with Gasteiger partial charge in [0.25, 0.3) is 0 Å². The van der Waals surface area contributed by atoms with Crippen molar-refractivity contribution < 1.29 is 0 Å². The Labute approximate surface area is 183 Å². The molecule has 1 aliphatic heterocycles. The molecule has 5 nitrogen and oxygen atoms in total. The molecule has 0 bridgehead atoms. The van der Waals surface area contributed by atoms with E-state index in [1.54, 1.807) is 11.3 Å². The number of hydrogen-bond acceptors (Lipinski definition) is 4. The number of aromatic nitrogens is 1. The second-order valence-corrected chi connectivity index (χ2v) is 8.07. The van der Waals surface area contributed by atoms with Crippen molar-refractivity contribution in [3.8, 4) is 0 Å². The van der Waals surface area contributed by atoms with Crippen LogP contribution in [-0.4, -0.2) is 31.1 Å². The first-order valence-electron chi connectivity index (χ1n) is 9.35. The number of guanidine groups is 1. The molecule has 1 aromatic carbocycles. The number of aliphatic imine (C=N–C) groups is 1. The van der Waals surface area contributed by atoms with E-state index in [0.717, 1.165) is 36.2 Å². The molecule has 148 valence electrons. The standard InChI is InChI=1S/C20H29N5S.HI/c1-5-21-20(23-13-19-24-14(2)15(3)26-19)22-12-16-8-9-18-17(11-16)7-6-10-25(18)4;/h8-9,11H,5-7,10,12-13H2,1-4H3,(H2,21,22,23);1H. The number of thiazole rings is 1. The molecule has 0 spiro atoms. The van der Waals surface area contributed by atoms with Crippen molar-refractivity contribution in [2.24, 2.45) is 4.99 Å². The molecular weight excluding hydrogens is 469 g/mol. The predicted octanol–water partition coefficient (Wildman–Crippen LogP) is 4.02. The summed E-state index contributed by atoms with van der Waals surface area (Å²) < 4.78 is 0. The highest BCUT2D eigenvalue weighted by molar-refractivity contribution is 14.0. The van der Waals surface area contributed by atoms with E-state index >= 15 is 0 Å². The quantitative estimate of drug-likeness (QED) is 0.371. The third-order valence-corrected chi connectivity index (χ3v) is 5.81. The number of hydrogen-bond donors (Lipinski definition) is 2. The second kappa shape index (κ2) is 10.3. The van der Waals surface area contributed by atoms with E-state index in [1.165, 1.54) is 28.1 Å². The molecule has 1 aromatic heterocycles. The third-order valence-electron chi connectivity index (χ3n) is 4.74. The average molecular weight is 499 g/mol. The minimum atomic E-state index is 0. The Morgan fingerprint density at radius 3 is 2.81 bits per heavy atom. The van der Waals surface area contributed by atoms with E-state index < -0.39 is 0 Å². The summed E-state index contributed by atoms with van der Waals surface area (Å²) in [5.41, 5.74) is 5.19. The molecule has 0 saturated heterocycles. The van der Waals surface area contributed by atoms with E-state index in [2.05, 4.69) is 66.5 Å². The Morgan fingerprint density at radius 1 is 1.30 bits per heavy atom. The van der Waals surface area contributed by atoms with E-state index in [9.17, 15) is 0 Å². The maximum Gasteiger partial charge on any atom is 0.191 e. The molecule has 0 unspecified atom stereocenters.